The van der Waals surface area contributed by atoms with E-state index in [0.29, 0.717) is 24.1 Å². The monoisotopic (exact) mass is 234 g/mol. The van der Waals surface area contributed by atoms with Gasteiger partial charge in [-0.3, -0.25) is 5.10 Å². The molecule has 92 valence electrons. The average Bonchev–Trinajstić information content (AvgIpc) is 2.61. The lowest BCUT2D eigenvalue weighted by Crippen LogP contribution is -2.11. The Balaban J connectivity index is 0.000000386. The van der Waals surface area contributed by atoms with Crippen LogP contribution in [0.4, 0.5) is 13.2 Å². The number of halogens is 3. The van der Waals surface area contributed by atoms with Gasteiger partial charge in [0.05, 0.1) is 0 Å². The number of aryl methyl sites for hydroxylation is 1. The van der Waals surface area contributed by atoms with Crippen molar-refractivity contribution in [3.05, 3.63) is 17.0 Å². The summed E-state index contributed by atoms with van der Waals surface area (Å²) >= 11 is 0. The molecule has 0 saturated carbocycles. The Morgan fingerprint density at radius 2 is 1.75 bits per heavy atom. The van der Waals surface area contributed by atoms with Crippen LogP contribution < -0.4 is 0 Å². The molecule has 2 rings (SSSR count). The Morgan fingerprint density at radius 1 is 1.19 bits per heavy atom. The van der Waals surface area contributed by atoms with Gasteiger partial charge in [0.2, 0.25) is 0 Å². The molecular weight excluding hydrogens is 217 g/mol. The van der Waals surface area contributed by atoms with Crippen LogP contribution in [0.25, 0.3) is 0 Å². The number of nitrogens with one attached hydrogen (secondary N) is 1. The zero-order valence-corrected chi connectivity index (χ0v) is 9.62. The zero-order chi connectivity index (χ0) is 12.2. The fraction of sp³-hybridized carbons (Fsp3) is 0.727. The highest BCUT2D eigenvalue weighted by molar-refractivity contribution is 5.29. The van der Waals surface area contributed by atoms with Gasteiger partial charge in [-0.15, -0.1) is 0 Å². The predicted octanol–water partition coefficient (Wildman–Crippen LogP) is 3.72. The summed E-state index contributed by atoms with van der Waals surface area (Å²) < 4.78 is 37.0. The maximum absolute atomic E-state index is 12.3. The molecule has 0 fully saturated rings. The van der Waals surface area contributed by atoms with Gasteiger partial charge in [-0.1, -0.05) is 20.3 Å². The average molecular weight is 234 g/mol. The Morgan fingerprint density at radius 3 is 2.31 bits per heavy atom. The molecule has 5 heteroatoms. The van der Waals surface area contributed by atoms with Crippen molar-refractivity contribution in [1.82, 2.24) is 10.2 Å². The van der Waals surface area contributed by atoms with Crippen molar-refractivity contribution in [2.24, 2.45) is 0 Å². The molecule has 1 N–H and O–H groups in total. The number of fused-ring (bicyclic) bond motifs is 1. The van der Waals surface area contributed by atoms with E-state index in [1.54, 1.807) is 0 Å². The van der Waals surface area contributed by atoms with Gasteiger partial charge in [-0.2, -0.15) is 18.3 Å². The molecule has 0 spiro atoms. The molecule has 0 radical (unpaired) electrons. The van der Waals surface area contributed by atoms with Gasteiger partial charge < -0.3 is 0 Å². The minimum Gasteiger partial charge on any atom is -0.282 e. The summed E-state index contributed by atoms with van der Waals surface area (Å²) in [6.07, 6.45) is -0.0807. The van der Waals surface area contributed by atoms with Crippen LogP contribution in [-0.2, 0) is 19.0 Å². The molecule has 0 unspecified atom stereocenters. The van der Waals surface area contributed by atoms with E-state index >= 15 is 0 Å². The van der Waals surface area contributed by atoms with E-state index < -0.39 is 11.9 Å². The molecule has 1 aliphatic rings. The fourth-order valence-electron chi connectivity index (χ4n) is 1.72. The van der Waals surface area contributed by atoms with Gasteiger partial charge in [-0.25, -0.2) is 0 Å². The second-order valence-corrected chi connectivity index (χ2v) is 3.94. The standard InChI is InChI=1S/C8H9F3N2.C3H8/c9-8(10,11)7-5-3-1-2-4-6(5)12-13-7;1-3-2/h1-4H2,(H,12,13);3H2,1-2H3. The third-order valence-electron chi connectivity index (χ3n) is 2.32. The summed E-state index contributed by atoms with van der Waals surface area (Å²) in [5.41, 5.74) is 0.319. The molecule has 0 amide bonds. The summed E-state index contributed by atoms with van der Waals surface area (Å²) in [4.78, 5) is 0. The second-order valence-electron chi connectivity index (χ2n) is 3.94. The van der Waals surface area contributed by atoms with Crippen LogP contribution >= 0.6 is 0 Å². The summed E-state index contributed by atoms with van der Waals surface area (Å²) in [7, 11) is 0. The maximum Gasteiger partial charge on any atom is 0.435 e. The van der Waals surface area contributed by atoms with E-state index in [2.05, 4.69) is 24.0 Å². The molecule has 1 aliphatic carbocycles. The number of aromatic amines is 1. The van der Waals surface area contributed by atoms with Crippen LogP contribution in [0.3, 0.4) is 0 Å². The number of rotatable bonds is 0. The quantitative estimate of drug-likeness (QED) is 0.728. The molecule has 1 aromatic heterocycles. The van der Waals surface area contributed by atoms with Crippen LogP contribution in [0.15, 0.2) is 0 Å². The summed E-state index contributed by atoms with van der Waals surface area (Å²) in [5, 5.41) is 5.78. The molecule has 0 saturated heterocycles. The predicted molar refractivity (Wildman–Crippen MR) is 56.2 cm³/mol. The van der Waals surface area contributed by atoms with E-state index in [9.17, 15) is 13.2 Å². The Hall–Kier alpha value is -1.00. The van der Waals surface area contributed by atoms with Gasteiger partial charge in [-0.05, 0) is 25.7 Å². The lowest BCUT2D eigenvalue weighted by atomic mass is 9.96. The molecule has 0 atom stereocenters. The first-order valence-electron chi connectivity index (χ1n) is 5.64. The molecule has 0 aliphatic heterocycles. The summed E-state index contributed by atoms with van der Waals surface area (Å²) in [6.45, 7) is 4.25. The fourth-order valence-corrected chi connectivity index (χ4v) is 1.72. The zero-order valence-electron chi connectivity index (χ0n) is 9.62. The smallest absolute Gasteiger partial charge is 0.282 e. The van der Waals surface area contributed by atoms with Crippen LogP contribution in [-0.4, -0.2) is 10.2 Å². The van der Waals surface area contributed by atoms with Crippen LogP contribution in [0.5, 0.6) is 0 Å². The lowest BCUT2D eigenvalue weighted by molar-refractivity contribution is -0.141. The van der Waals surface area contributed by atoms with Crippen molar-refractivity contribution in [2.45, 2.75) is 52.1 Å². The summed E-state index contributed by atoms with van der Waals surface area (Å²) in [5.74, 6) is 0. The number of H-pyrrole nitrogens is 1. The largest absolute Gasteiger partial charge is 0.435 e. The van der Waals surface area contributed by atoms with Gasteiger partial charge in [0.15, 0.2) is 5.69 Å². The lowest BCUT2D eigenvalue weighted by Gasteiger charge is -2.12. The highest BCUT2D eigenvalue weighted by Crippen LogP contribution is 2.34. The number of hydrogen-bond donors (Lipinski definition) is 1. The van der Waals surface area contributed by atoms with Crippen molar-refractivity contribution in [3.8, 4) is 0 Å². The van der Waals surface area contributed by atoms with Crippen LogP contribution in [0.1, 0.15) is 50.1 Å². The van der Waals surface area contributed by atoms with E-state index in [1.165, 1.54) is 6.42 Å². The van der Waals surface area contributed by atoms with Gasteiger partial charge in [0.1, 0.15) is 0 Å². The first-order chi connectivity index (χ1) is 7.50. The number of nitrogens with zero attached hydrogens (tertiary/aromatic N) is 1. The Labute approximate surface area is 93.2 Å². The minimum atomic E-state index is -4.30. The summed E-state index contributed by atoms with van der Waals surface area (Å²) in [6, 6.07) is 0. The highest BCUT2D eigenvalue weighted by Gasteiger charge is 2.38. The number of alkyl halides is 3. The van der Waals surface area contributed by atoms with Crippen LogP contribution in [0, 0.1) is 0 Å². The van der Waals surface area contributed by atoms with Gasteiger partial charge in [0.25, 0.3) is 0 Å². The van der Waals surface area contributed by atoms with Crippen molar-refractivity contribution in [3.63, 3.8) is 0 Å². The molecule has 2 nitrogen and oxygen atoms in total. The second kappa shape index (κ2) is 5.37. The van der Waals surface area contributed by atoms with E-state index in [-0.39, 0.29) is 0 Å². The van der Waals surface area contributed by atoms with Crippen LogP contribution in [0.2, 0.25) is 0 Å². The SMILES string of the molecule is CCC.FC(F)(F)c1n[nH]c2c1CCCC2. The van der Waals surface area contributed by atoms with Crippen molar-refractivity contribution >= 4 is 0 Å². The number of aromatic nitrogens is 2. The third-order valence-corrected chi connectivity index (χ3v) is 2.32. The molecule has 0 bridgehead atoms. The maximum atomic E-state index is 12.3. The Kier molecular flexibility index (Phi) is 4.38. The first kappa shape index (κ1) is 13.1. The first-order valence-corrected chi connectivity index (χ1v) is 5.64. The van der Waals surface area contributed by atoms with Gasteiger partial charge >= 0.3 is 6.18 Å². The molecular formula is C11H17F3N2. The van der Waals surface area contributed by atoms with Crippen molar-refractivity contribution in [1.29, 1.82) is 0 Å². The molecule has 16 heavy (non-hydrogen) atoms. The highest BCUT2D eigenvalue weighted by atomic mass is 19.4. The Bertz CT molecular complexity index is 328. The molecule has 0 aromatic carbocycles. The van der Waals surface area contributed by atoms with E-state index in [1.807, 2.05) is 0 Å². The van der Waals surface area contributed by atoms with Crippen molar-refractivity contribution < 1.29 is 13.2 Å². The third kappa shape index (κ3) is 3.00. The molecule has 1 heterocycles. The number of hydrogen-bond acceptors (Lipinski definition) is 1. The topological polar surface area (TPSA) is 28.7 Å². The van der Waals surface area contributed by atoms with E-state index in [4.69, 9.17) is 0 Å². The molecule has 1 aromatic rings. The van der Waals surface area contributed by atoms with E-state index in [0.717, 1.165) is 12.8 Å². The van der Waals surface area contributed by atoms with Gasteiger partial charge in [0, 0.05) is 11.3 Å². The van der Waals surface area contributed by atoms with Crippen molar-refractivity contribution in [2.75, 3.05) is 0 Å². The normalized spacial score (nSPS) is 15.1. The minimum absolute atomic E-state index is 0.374.